The standard InChI is InChI=1S/C13H9N3O2/c17-11-7-10(15-13(18)16-11)12-9-4-2-1-3-8(9)5-6-14-12/h1-7H,(H2,15,16,17,18). The summed E-state index contributed by atoms with van der Waals surface area (Å²) in [5, 5.41) is 1.89. The highest BCUT2D eigenvalue weighted by Crippen LogP contribution is 2.23. The molecular weight excluding hydrogens is 230 g/mol. The molecule has 0 aliphatic carbocycles. The molecule has 5 heteroatoms. The Balaban J connectivity index is 2.38. The molecule has 3 rings (SSSR count). The van der Waals surface area contributed by atoms with Crippen LogP contribution in [-0.2, 0) is 0 Å². The van der Waals surface area contributed by atoms with Gasteiger partial charge in [-0.05, 0) is 11.5 Å². The molecule has 0 aliphatic rings. The van der Waals surface area contributed by atoms with Gasteiger partial charge in [-0.1, -0.05) is 24.3 Å². The first kappa shape index (κ1) is 10.5. The van der Waals surface area contributed by atoms with Crippen molar-refractivity contribution in [3.8, 4) is 11.4 Å². The predicted octanol–water partition coefficient (Wildman–Crippen LogP) is 1.28. The van der Waals surface area contributed by atoms with Gasteiger partial charge in [0.15, 0.2) is 0 Å². The molecule has 1 aromatic carbocycles. The maximum Gasteiger partial charge on any atom is 0.326 e. The number of nitrogens with zero attached hydrogens (tertiary/aromatic N) is 1. The van der Waals surface area contributed by atoms with Crippen molar-refractivity contribution in [2.75, 3.05) is 0 Å². The Morgan fingerprint density at radius 1 is 1.00 bits per heavy atom. The van der Waals surface area contributed by atoms with Crippen LogP contribution in [0.25, 0.3) is 22.2 Å². The molecule has 0 atom stereocenters. The fourth-order valence-corrected chi connectivity index (χ4v) is 1.93. The molecule has 5 nitrogen and oxygen atoms in total. The van der Waals surface area contributed by atoms with Crippen molar-refractivity contribution >= 4 is 10.8 Å². The first-order chi connectivity index (χ1) is 8.74. The van der Waals surface area contributed by atoms with Crippen molar-refractivity contribution in [1.29, 1.82) is 0 Å². The number of nitrogens with one attached hydrogen (secondary N) is 2. The summed E-state index contributed by atoms with van der Waals surface area (Å²) in [6.07, 6.45) is 1.65. The van der Waals surface area contributed by atoms with Crippen LogP contribution in [0.1, 0.15) is 0 Å². The maximum absolute atomic E-state index is 11.3. The fourth-order valence-electron chi connectivity index (χ4n) is 1.93. The molecule has 0 saturated heterocycles. The van der Waals surface area contributed by atoms with E-state index in [1.54, 1.807) is 6.20 Å². The molecule has 0 amide bonds. The minimum atomic E-state index is -0.535. The second-order valence-electron chi connectivity index (χ2n) is 3.88. The lowest BCUT2D eigenvalue weighted by Crippen LogP contribution is -2.21. The zero-order chi connectivity index (χ0) is 12.5. The number of rotatable bonds is 1. The number of H-pyrrole nitrogens is 2. The van der Waals surface area contributed by atoms with Crippen molar-refractivity contribution < 1.29 is 0 Å². The number of pyridine rings is 1. The van der Waals surface area contributed by atoms with E-state index in [2.05, 4.69) is 15.0 Å². The van der Waals surface area contributed by atoms with Crippen LogP contribution in [0, 0.1) is 0 Å². The average molecular weight is 239 g/mol. The van der Waals surface area contributed by atoms with Gasteiger partial charge >= 0.3 is 5.69 Å². The second kappa shape index (κ2) is 3.96. The van der Waals surface area contributed by atoms with Crippen molar-refractivity contribution in [2.24, 2.45) is 0 Å². The van der Waals surface area contributed by atoms with E-state index >= 15 is 0 Å². The molecule has 0 unspecified atom stereocenters. The van der Waals surface area contributed by atoms with E-state index in [-0.39, 0.29) is 0 Å². The van der Waals surface area contributed by atoms with E-state index in [1.807, 2.05) is 30.3 Å². The summed E-state index contributed by atoms with van der Waals surface area (Å²) in [6.45, 7) is 0. The Morgan fingerprint density at radius 3 is 2.67 bits per heavy atom. The summed E-state index contributed by atoms with van der Waals surface area (Å²) in [5.41, 5.74) is 0.0348. The lowest BCUT2D eigenvalue weighted by molar-refractivity contribution is 1.04. The molecule has 0 saturated carbocycles. The average Bonchev–Trinajstić information content (AvgIpc) is 2.37. The van der Waals surface area contributed by atoms with Crippen LogP contribution in [-0.4, -0.2) is 15.0 Å². The second-order valence-corrected chi connectivity index (χ2v) is 3.88. The van der Waals surface area contributed by atoms with Gasteiger partial charge in [-0.3, -0.25) is 14.8 Å². The summed E-state index contributed by atoms with van der Waals surface area (Å²) >= 11 is 0. The van der Waals surface area contributed by atoms with Gasteiger partial charge in [0.05, 0.1) is 11.4 Å². The molecule has 2 aromatic heterocycles. The molecule has 0 aliphatic heterocycles. The highest BCUT2D eigenvalue weighted by molar-refractivity contribution is 5.93. The Morgan fingerprint density at radius 2 is 1.83 bits per heavy atom. The zero-order valence-corrected chi connectivity index (χ0v) is 9.31. The van der Waals surface area contributed by atoms with Gasteiger partial charge in [-0.25, -0.2) is 4.79 Å². The zero-order valence-electron chi connectivity index (χ0n) is 9.31. The molecule has 0 spiro atoms. The van der Waals surface area contributed by atoms with Gasteiger partial charge in [0, 0.05) is 17.6 Å². The Labute approximate surface area is 101 Å². The van der Waals surface area contributed by atoms with Crippen LogP contribution in [0.5, 0.6) is 0 Å². The summed E-state index contributed by atoms with van der Waals surface area (Å²) < 4.78 is 0. The van der Waals surface area contributed by atoms with Crippen LogP contribution >= 0.6 is 0 Å². The lowest BCUT2D eigenvalue weighted by Gasteiger charge is -2.04. The SMILES string of the molecule is O=c1cc(-c2nccc3ccccc23)[nH]c(=O)[nH]1. The molecule has 18 heavy (non-hydrogen) atoms. The molecule has 88 valence electrons. The Kier molecular flexibility index (Phi) is 2.30. The summed E-state index contributed by atoms with van der Waals surface area (Å²) in [6, 6.07) is 10.9. The third-order valence-electron chi connectivity index (χ3n) is 2.69. The Hall–Kier alpha value is -2.69. The first-order valence-electron chi connectivity index (χ1n) is 5.42. The topological polar surface area (TPSA) is 78.6 Å². The molecule has 3 aromatic rings. The van der Waals surface area contributed by atoms with E-state index in [1.165, 1.54) is 6.07 Å². The van der Waals surface area contributed by atoms with Crippen molar-refractivity contribution in [3.05, 3.63) is 63.4 Å². The van der Waals surface area contributed by atoms with Crippen LogP contribution in [0.3, 0.4) is 0 Å². The van der Waals surface area contributed by atoms with E-state index in [0.717, 1.165) is 10.8 Å². The van der Waals surface area contributed by atoms with Crippen LogP contribution in [0.4, 0.5) is 0 Å². The molecular formula is C13H9N3O2. The molecule has 0 radical (unpaired) electrons. The monoisotopic (exact) mass is 239 g/mol. The highest BCUT2D eigenvalue weighted by atomic mass is 16.2. The van der Waals surface area contributed by atoms with E-state index in [0.29, 0.717) is 11.4 Å². The van der Waals surface area contributed by atoms with Crippen LogP contribution in [0.2, 0.25) is 0 Å². The number of benzene rings is 1. The van der Waals surface area contributed by atoms with Crippen molar-refractivity contribution in [1.82, 2.24) is 15.0 Å². The quantitative estimate of drug-likeness (QED) is 0.671. The van der Waals surface area contributed by atoms with Gasteiger partial charge in [0.1, 0.15) is 0 Å². The minimum Gasteiger partial charge on any atom is -0.305 e. The number of aromatic amines is 2. The van der Waals surface area contributed by atoms with Crippen LogP contribution in [0.15, 0.2) is 52.2 Å². The molecule has 0 bridgehead atoms. The van der Waals surface area contributed by atoms with E-state index in [4.69, 9.17) is 0 Å². The normalized spacial score (nSPS) is 10.7. The molecule has 0 fully saturated rings. The smallest absolute Gasteiger partial charge is 0.305 e. The predicted molar refractivity (Wildman–Crippen MR) is 68.4 cm³/mol. The third kappa shape index (κ3) is 1.71. The summed E-state index contributed by atoms with van der Waals surface area (Å²) in [5.74, 6) is 0. The van der Waals surface area contributed by atoms with Crippen LogP contribution < -0.4 is 11.2 Å². The molecule has 2 heterocycles. The van der Waals surface area contributed by atoms with Crippen molar-refractivity contribution in [2.45, 2.75) is 0 Å². The number of fused-ring (bicyclic) bond motifs is 1. The van der Waals surface area contributed by atoms with E-state index in [9.17, 15) is 9.59 Å². The summed E-state index contributed by atoms with van der Waals surface area (Å²) in [4.78, 5) is 31.6. The molecule has 2 N–H and O–H groups in total. The van der Waals surface area contributed by atoms with Gasteiger partial charge in [0.2, 0.25) is 0 Å². The minimum absolute atomic E-state index is 0.417. The van der Waals surface area contributed by atoms with Gasteiger partial charge in [-0.15, -0.1) is 0 Å². The highest BCUT2D eigenvalue weighted by Gasteiger charge is 2.06. The lowest BCUT2D eigenvalue weighted by atomic mass is 10.1. The van der Waals surface area contributed by atoms with Gasteiger partial charge in [-0.2, -0.15) is 0 Å². The van der Waals surface area contributed by atoms with Gasteiger partial charge in [0.25, 0.3) is 5.56 Å². The largest absolute Gasteiger partial charge is 0.326 e. The maximum atomic E-state index is 11.3. The van der Waals surface area contributed by atoms with Gasteiger partial charge < -0.3 is 4.98 Å². The number of hydrogen-bond acceptors (Lipinski definition) is 3. The summed E-state index contributed by atoms with van der Waals surface area (Å²) in [7, 11) is 0. The van der Waals surface area contributed by atoms with E-state index < -0.39 is 11.2 Å². The number of aromatic nitrogens is 3. The fraction of sp³-hybridized carbons (Fsp3) is 0. The first-order valence-corrected chi connectivity index (χ1v) is 5.42. The number of hydrogen-bond donors (Lipinski definition) is 2. The Bertz CT molecular complexity index is 800. The van der Waals surface area contributed by atoms with Crippen molar-refractivity contribution in [3.63, 3.8) is 0 Å². The third-order valence-corrected chi connectivity index (χ3v) is 2.69.